The molecule has 0 aliphatic heterocycles. The minimum absolute atomic E-state index is 0.0410. The maximum Gasteiger partial charge on any atom is 0.230 e. The summed E-state index contributed by atoms with van der Waals surface area (Å²) in [5.41, 5.74) is 6.52. The van der Waals surface area contributed by atoms with Crippen LogP contribution in [0.4, 0.5) is 10.3 Å². The maximum absolute atomic E-state index is 13.9. The summed E-state index contributed by atoms with van der Waals surface area (Å²) in [6, 6.07) is 3.11. The SMILES string of the molecule is COc1ccc(-c2cnoc2N)c(OC)c1F. The fourth-order valence-electron chi connectivity index (χ4n) is 1.56. The standard InChI is InChI=1S/C11H11FN2O3/c1-15-8-4-3-6(10(16-2)9(8)12)7-5-14-17-11(7)13/h3-5H,13H2,1-2H3. The van der Waals surface area contributed by atoms with E-state index in [4.69, 9.17) is 19.7 Å². The van der Waals surface area contributed by atoms with Gasteiger partial charge in [0.1, 0.15) is 0 Å². The topological polar surface area (TPSA) is 70.5 Å². The van der Waals surface area contributed by atoms with Crippen LogP contribution in [0.5, 0.6) is 11.5 Å². The van der Waals surface area contributed by atoms with Gasteiger partial charge in [-0.2, -0.15) is 4.39 Å². The van der Waals surface area contributed by atoms with E-state index in [9.17, 15) is 4.39 Å². The largest absolute Gasteiger partial charge is 0.494 e. The predicted octanol–water partition coefficient (Wildman–Crippen LogP) is 2.08. The average molecular weight is 238 g/mol. The number of anilines is 1. The number of nitrogens with zero attached hydrogens (tertiary/aromatic N) is 1. The molecule has 0 radical (unpaired) electrons. The minimum atomic E-state index is -0.590. The summed E-state index contributed by atoms with van der Waals surface area (Å²) in [4.78, 5) is 0. The van der Waals surface area contributed by atoms with Crippen molar-refractivity contribution in [1.82, 2.24) is 5.16 Å². The molecule has 6 heteroatoms. The first-order valence-electron chi connectivity index (χ1n) is 4.80. The Morgan fingerprint density at radius 3 is 2.53 bits per heavy atom. The molecule has 0 amide bonds. The number of aromatic nitrogens is 1. The van der Waals surface area contributed by atoms with Crippen molar-refractivity contribution >= 4 is 5.88 Å². The summed E-state index contributed by atoms with van der Waals surface area (Å²) in [6.07, 6.45) is 1.40. The van der Waals surface area contributed by atoms with E-state index in [2.05, 4.69) is 5.16 Å². The minimum Gasteiger partial charge on any atom is -0.494 e. The van der Waals surface area contributed by atoms with Gasteiger partial charge in [-0.15, -0.1) is 0 Å². The molecule has 2 rings (SSSR count). The molecule has 2 aromatic rings. The Hall–Kier alpha value is -2.24. The Morgan fingerprint density at radius 1 is 1.24 bits per heavy atom. The quantitative estimate of drug-likeness (QED) is 0.886. The highest BCUT2D eigenvalue weighted by Crippen LogP contribution is 2.38. The third-order valence-electron chi connectivity index (χ3n) is 2.37. The van der Waals surface area contributed by atoms with Crippen LogP contribution in [-0.4, -0.2) is 19.4 Å². The lowest BCUT2D eigenvalue weighted by atomic mass is 10.1. The van der Waals surface area contributed by atoms with Crippen LogP contribution in [0, 0.1) is 5.82 Å². The summed E-state index contributed by atoms with van der Waals surface area (Å²) in [7, 11) is 2.75. The number of benzene rings is 1. The molecule has 0 spiro atoms. The molecule has 0 unspecified atom stereocenters. The van der Waals surface area contributed by atoms with Crippen molar-refractivity contribution in [3.8, 4) is 22.6 Å². The van der Waals surface area contributed by atoms with E-state index in [1.165, 1.54) is 26.5 Å². The predicted molar refractivity (Wildman–Crippen MR) is 59.4 cm³/mol. The second-order valence-electron chi connectivity index (χ2n) is 3.27. The molecule has 0 saturated heterocycles. The van der Waals surface area contributed by atoms with Gasteiger partial charge in [0.05, 0.1) is 26.0 Å². The Kier molecular flexibility index (Phi) is 2.86. The van der Waals surface area contributed by atoms with Crippen molar-refractivity contribution in [2.24, 2.45) is 0 Å². The van der Waals surface area contributed by atoms with E-state index >= 15 is 0 Å². The molecule has 17 heavy (non-hydrogen) atoms. The second kappa shape index (κ2) is 4.32. The van der Waals surface area contributed by atoms with Gasteiger partial charge < -0.3 is 19.7 Å². The highest BCUT2D eigenvalue weighted by molar-refractivity contribution is 5.78. The number of hydrogen-bond acceptors (Lipinski definition) is 5. The number of halogens is 1. The summed E-state index contributed by atoms with van der Waals surface area (Å²) >= 11 is 0. The maximum atomic E-state index is 13.9. The molecule has 1 heterocycles. The molecule has 0 aliphatic carbocycles. The molecule has 0 atom stereocenters. The normalized spacial score (nSPS) is 10.3. The Balaban J connectivity index is 2.63. The Labute approximate surface area is 96.9 Å². The monoisotopic (exact) mass is 238 g/mol. The van der Waals surface area contributed by atoms with Crippen LogP contribution >= 0.6 is 0 Å². The lowest BCUT2D eigenvalue weighted by molar-refractivity contribution is 0.351. The van der Waals surface area contributed by atoms with Crippen LogP contribution in [0.1, 0.15) is 0 Å². The van der Waals surface area contributed by atoms with Crippen LogP contribution in [-0.2, 0) is 0 Å². The first-order valence-corrected chi connectivity index (χ1v) is 4.80. The van der Waals surface area contributed by atoms with Crippen molar-refractivity contribution < 1.29 is 18.4 Å². The van der Waals surface area contributed by atoms with Gasteiger partial charge in [-0.25, -0.2) is 0 Å². The number of ether oxygens (including phenoxy) is 2. The fraction of sp³-hybridized carbons (Fsp3) is 0.182. The van der Waals surface area contributed by atoms with Gasteiger partial charge in [0.25, 0.3) is 0 Å². The van der Waals surface area contributed by atoms with E-state index < -0.39 is 5.82 Å². The molecule has 1 aromatic carbocycles. The van der Waals surface area contributed by atoms with Crippen molar-refractivity contribution in [3.05, 3.63) is 24.1 Å². The molecule has 0 saturated carbocycles. The van der Waals surface area contributed by atoms with Crippen LogP contribution in [0.15, 0.2) is 22.9 Å². The zero-order chi connectivity index (χ0) is 12.4. The fourth-order valence-corrected chi connectivity index (χ4v) is 1.56. The zero-order valence-electron chi connectivity index (χ0n) is 9.36. The van der Waals surface area contributed by atoms with E-state index in [1.54, 1.807) is 6.07 Å². The average Bonchev–Trinajstić information content (AvgIpc) is 2.75. The molecular weight excluding hydrogens is 227 g/mol. The summed E-state index contributed by atoms with van der Waals surface area (Å²) < 4.78 is 28.5. The van der Waals surface area contributed by atoms with E-state index in [0.29, 0.717) is 11.1 Å². The lowest BCUT2D eigenvalue weighted by Gasteiger charge is -2.10. The number of rotatable bonds is 3. The Bertz CT molecular complexity index is 540. The van der Waals surface area contributed by atoms with Crippen molar-refractivity contribution in [2.75, 3.05) is 20.0 Å². The van der Waals surface area contributed by atoms with Gasteiger partial charge in [-0.3, -0.25) is 0 Å². The molecule has 2 N–H and O–H groups in total. The van der Waals surface area contributed by atoms with Crippen LogP contribution in [0.25, 0.3) is 11.1 Å². The third kappa shape index (κ3) is 1.77. The zero-order valence-corrected chi connectivity index (χ0v) is 9.36. The van der Waals surface area contributed by atoms with Gasteiger partial charge in [0.15, 0.2) is 11.5 Å². The Morgan fingerprint density at radius 2 is 2.00 bits per heavy atom. The number of nitrogens with two attached hydrogens (primary N) is 1. The molecule has 0 aliphatic rings. The van der Waals surface area contributed by atoms with E-state index in [1.807, 2.05) is 0 Å². The lowest BCUT2D eigenvalue weighted by Crippen LogP contribution is -1.96. The molecular formula is C11H11FN2O3. The van der Waals surface area contributed by atoms with Gasteiger partial charge in [0, 0.05) is 5.56 Å². The number of nitrogen functional groups attached to an aromatic ring is 1. The number of methoxy groups -OCH3 is 2. The molecule has 5 nitrogen and oxygen atoms in total. The highest BCUT2D eigenvalue weighted by Gasteiger charge is 2.19. The third-order valence-corrected chi connectivity index (χ3v) is 2.37. The number of hydrogen-bond donors (Lipinski definition) is 1. The molecule has 0 fully saturated rings. The molecule has 1 aromatic heterocycles. The van der Waals surface area contributed by atoms with Crippen LogP contribution in [0.2, 0.25) is 0 Å². The van der Waals surface area contributed by atoms with E-state index in [0.717, 1.165) is 0 Å². The summed E-state index contributed by atoms with van der Waals surface area (Å²) in [5, 5.41) is 3.54. The van der Waals surface area contributed by atoms with Gasteiger partial charge in [0.2, 0.25) is 11.7 Å². The van der Waals surface area contributed by atoms with Crippen molar-refractivity contribution in [1.29, 1.82) is 0 Å². The van der Waals surface area contributed by atoms with Crippen molar-refractivity contribution in [3.63, 3.8) is 0 Å². The van der Waals surface area contributed by atoms with Crippen LogP contribution < -0.4 is 15.2 Å². The van der Waals surface area contributed by atoms with Gasteiger partial charge >= 0.3 is 0 Å². The first-order chi connectivity index (χ1) is 8.19. The smallest absolute Gasteiger partial charge is 0.230 e. The van der Waals surface area contributed by atoms with Gasteiger partial charge in [-0.1, -0.05) is 5.16 Å². The van der Waals surface area contributed by atoms with Crippen LogP contribution in [0.3, 0.4) is 0 Å². The highest BCUT2D eigenvalue weighted by atomic mass is 19.1. The van der Waals surface area contributed by atoms with E-state index in [-0.39, 0.29) is 17.4 Å². The summed E-state index contributed by atoms with van der Waals surface area (Å²) in [6.45, 7) is 0. The molecule has 90 valence electrons. The second-order valence-corrected chi connectivity index (χ2v) is 3.27. The van der Waals surface area contributed by atoms with Gasteiger partial charge in [-0.05, 0) is 12.1 Å². The van der Waals surface area contributed by atoms with Crippen molar-refractivity contribution in [2.45, 2.75) is 0 Å². The summed E-state index contributed by atoms with van der Waals surface area (Å²) in [5.74, 6) is -0.346. The molecule has 0 bridgehead atoms. The first kappa shape index (κ1) is 11.3.